The molecule has 0 aromatic carbocycles. The van der Waals surface area contributed by atoms with Gasteiger partial charge in [0.1, 0.15) is 11.9 Å². The molecule has 1 aliphatic rings. The first kappa shape index (κ1) is 13.3. The molecule has 1 aromatic heterocycles. The van der Waals surface area contributed by atoms with Crippen molar-refractivity contribution in [3.8, 4) is 0 Å². The highest BCUT2D eigenvalue weighted by Gasteiger charge is 2.21. The maximum atomic E-state index is 5.33. The number of rotatable bonds is 5. The van der Waals surface area contributed by atoms with E-state index in [1.807, 2.05) is 6.92 Å². The summed E-state index contributed by atoms with van der Waals surface area (Å²) in [4.78, 5) is 9.21. The summed E-state index contributed by atoms with van der Waals surface area (Å²) in [7, 11) is 1.70. The van der Waals surface area contributed by atoms with Gasteiger partial charge >= 0.3 is 0 Å². The summed E-state index contributed by atoms with van der Waals surface area (Å²) >= 11 is 0. The van der Waals surface area contributed by atoms with Crippen LogP contribution >= 0.6 is 0 Å². The minimum Gasteiger partial charge on any atom is -0.374 e. The number of hydrogen-bond donors (Lipinski definition) is 1. The summed E-state index contributed by atoms with van der Waals surface area (Å²) in [5.74, 6) is 2.32. The largest absolute Gasteiger partial charge is 0.374 e. The SMILES string of the molecule is CCNc1cc(C2CCCC2)nc(C(C)OC)n1. The van der Waals surface area contributed by atoms with Gasteiger partial charge in [0, 0.05) is 31.3 Å². The van der Waals surface area contributed by atoms with Crippen LogP contribution in [0.5, 0.6) is 0 Å². The van der Waals surface area contributed by atoms with Crippen molar-refractivity contribution < 1.29 is 4.74 Å². The van der Waals surface area contributed by atoms with Gasteiger partial charge in [-0.15, -0.1) is 0 Å². The predicted octanol–water partition coefficient (Wildman–Crippen LogP) is 3.27. The van der Waals surface area contributed by atoms with Gasteiger partial charge in [0.05, 0.1) is 0 Å². The van der Waals surface area contributed by atoms with Gasteiger partial charge < -0.3 is 10.1 Å². The Morgan fingerprint density at radius 3 is 2.72 bits per heavy atom. The minimum absolute atomic E-state index is 0.0521. The Morgan fingerprint density at radius 1 is 1.39 bits per heavy atom. The first-order chi connectivity index (χ1) is 8.74. The summed E-state index contributed by atoms with van der Waals surface area (Å²) in [6.45, 7) is 4.95. The molecule has 2 rings (SSSR count). The number of methoxy groups -OCH3 is 1. The molecule has 1 aromatic rings. The highest BCUT2D eigenvalue weighted by atomic mass is 16.5. The Hall–Kier alpha value is -1.16. The molecule has 1 heterocycles. The van der Waals surface area contributed by atoms with Gasteiger partial charge in [0.25, 0.3) is 0 Å². The zero-order valence-electron chi connectivity index (χ0n) is 11.6. The molecule has 18 heavy (non-hydrogen) atoms. The monoisotopic (exact) mass is 249 g/mol. The van der Waals surface area contributed by atoms with E-state index in [0.717, 1.165) is 18.2 Å². The van der Waals surface area contributed by atoms with Gasteiger partial charge in [0.15, 0.2) is 5.82 Å². The summed E-state index contributed by atoms with van der Waals surface area (Å²) in [6, 6.07) is 2.10. The van der Waals surface area contributed by atoms with Gasteiger partial charge in [0.2, 0.25) is 0 Å². The fourth-order valence-corrected chi connectivity index (χ4v) is 2.47. The molecule has 4 heteroatoms. The van der Waals surface area contributed by atoms with Gasteiger partial charge in [-0.1, -0.05) is 12.8 Å². The second-order valence-corrected chi connectivity index (χ2v) is 4.93. The zero-order chi connectivity index (χ0) is 13.0. The van der Waals surface area contributed by atoms with E-state index in [2.05, 4.69) is 23.3 Å². The molecule has 0 spiro atoms. The number of hydrogen-bond acceptors (Lipinski definition) is 4. The third-order valence-electron chi connectivity index (χ3n) is 3.61. The summed E-state index contributed by atoms with van der Waals surface area (Å²) in [5, 5.41) is 3.28. The lowest BCUT2D eigenvalue weighted by Gasteiger charge is -2.15. The summed E-state index contributed by atoms with van der Waals surface area (Å²) < 4.78 is 5.33. The normalized spacial score (nSPS) is 17.9. The summed E-state index contributed by atoms with van der Waals surface area (Å²) in [6.07, 6.45) is 5.09. The van der Waals surface area contributed by atoms with Crippen LogP contribution < -0.4 is 5.32 Å². The van der Waals surface area contributed by atoms with E-state index >= 15 is 0 Å². The Balaban J connectivity index is 2.29. The lowest BCUT2D eigenvalue weighted by atomic mass is 10.0. The number of aromatic nitrogens is 2. The van der Waals surface area contributed by atoms with Crippen molar-refractivity contribution in [2.24, 2.45) is 0 Å². The van der Waals surface area contributed by atoms with Gasteiger partial charge in [-0.2, -0.15) is 0 Å². The minimum atomic E-state index is -0.0521. The van der Waals surface area contributed by atoms with Crippen molar-refractivity contribution >= 4 is 5.82 Å². The molecule has 0 amide bonds. The van der Waals surface area contributed by atoms with Crippen molar-refractivity contribution in [3.05, 3.63) is 17.6 Å². The number of ether oxygens (including phenoxy) is 1. The van der Waals surface area contributed by atoms with E-state index in [4.69, 9.17) is 9.72 Å². The molecule has 1 unspecified atom stereocenters. The average molecular weight is 249 g/mol. The van der Waals surface area contributed by atoms with Gasteiger partial charge in [-0.05, 0) is 26.7 Å². The highest BCUT2D eigenvalue weighted by molar-refractivity contribution is 5.37. The highest BCUT2D eigenvalue weighted by Crippen LogP contribution is 2.34. The number of anilines is 1. The Bertz CT molecular complexity index is 389. The third kappa shape index (κ3) is 2.99. The van der Waals surface area contributed by atoms with Crippen molar-refractivity contribution in [1.29, 1.82) is 0 Å². The smallest absolute Gasteiger partial charge is 0.159 e. The van der Waals surface area contributed by atoms with Crippen LogP contribution in [0.1, 0.15) is 63.1 Å². The Labute approximate surface area is 109 Å². The fraction of sp³-hybridized carbons (Fsp3) is 0.714. The van der Waals surface area contributed by atoms with Crippen molar-refractivity contribution in [2.45, 2.75) is 51.6 Å². The number of nitrogens with one attached hydrogen (secondary N) is 1. The van der Waals surface area contributed by atoms with E-state index < -0.39 is 0 Å². The average Bonchev–Trinajstić information content (AvgIpc) is 2.91. The maximum absolute atomic E-state index is 5.33. The van der Waals surface area contributed by atoms with E-state index in [0.29, 0.717) is 5.92 Å². The Morgan fingerprint density at radius 2 is 2.11 bits per heavy atom. The molecule has 4 nitrogen and oxygen atoms in total. The fourth-order valence-electron chi connectivity index (χ4n) is 2.47. The molecule has 1 N–H and O–H groups in total. The molecule has 1 fully saturated rings. The van der Waals surface area contributed by atoms with Crippen molar-refractivity contribution in [3.63, 3.8) is 0 Å². The topological polar surface area (TPSA) is 47.0 Å². The second-order valence-electron chi connectivity index (χ2n) is 4.93. The van der Waals surface area contributed by atoms with Crippen LogP contribution in [-0.4, -0.2) is 23.6 Å². The molecule has 100 valence electrons. The maximum Gasteiger partial charge on any atom is 0.159 e. The molecular formula is C14H23N3O. The molecule has 1 saturated carbocycles. The molecule has 0 aliphatic heterocycles. The molecule has 1 aliphatic carbocycles. The van der Waals surface area contributed by atoms with Gasteiger partial charge in [-0.3, -0.25) is 0 Å². The third-order valence-corrected chi connectivity index (χ3v) is 3.61. The Kier molecular flexibility index (Phi) is 4.53. The van der Waals surface area contributed by atoms with E-state index in [1.54, 1.807) is 7.11 Å². The quantitative estimate of drug-likeness (QED) is 0.870. The summed E-state index contributed by atoms with van der Waals surface area (Å²) in [5.41, 5.74) is 1.18. The van der Waals surface area contributed by atoms with Crippen LogP contribution in [0.4, 0.5) is 5.82 Å². The van der Waals surface area contributed by atoms with Crippen LogP contribution in [0, 0.1) is 0 Å². The lowest BCUT2D eigenvalue weighted by molar-refractivity contribution is 0.112. The molecule has 1 atom stereocenters. The van der Waals surface area contributed by atoms with Crippen molar-refractivity contribution in [1.82, 2.24) is 9.97 Å². The van der Waals surface area contributed by atoms with Crippen LogP contribution in [0.3, 0.4) is 0 Å². The van der Waals surface area contributed by atoms with E-state index in [1.165, 1.54) is 31.4 Å². The van der Waals surface area contributed by atoms with Crippen LogP contribution in [-0.2, 0) is 4.74 Å². The molecular weight excluding hydrogens is 226 g/mol. The molecule has 0 radical (unpaired) electrons. The van der Waals surface area contributed by atoms with Crippen LogP contribution in [0.25, 0.3) is 0 Å². The van der Waals surface area contributed by atoms with E-state index in [-0.39, 0.29) is 6.10 Å². The predicted molar refractivity (Wildman–Crippen MR) is 72.8 cm³/mol. The zero-order valence-corrected chi connectivity index (χ0v) is 11.6. The molecule has 0 saturated heterocycles. The van der Waals surface area contributed by atoms with Crippen LogP contribution in [0.2, 0.25) is 0 Å². The second kappa shape index (κ2) is 6.14. The van der Waals surface area contributed by atoms with Gasteiger partial charge in [-0.25, -0.2) is 9.97 Å². The first-order valence-electron chi connectivity index (χ1n) is 6.90. The lowest BCUT2D eigenvalue weighted by Crippen LogP contribution is -2.10. The first-order valence-corrected chi connectivity index (χ1v) is 6.90. The van der Waals surface area contributed by atoms with Crippen LogP contribution in [0.15, 0.2) is 6.07 Å². The standard InChI is InChI=1S/C14H23N3O/c1-4-15-13-9-12(11-7-5-6-8-11)16-14(17-13)10(2)18-3/h9-11H,4-8H2,1-3H3,(H,15,16,17). The van der Waals surface area contributed by atoms with E-state index in [9.17, 15) is 0 Å². The van der Waals surface area contributed by atoms with Crippen molar-refractivity contribution in [2.75, 3.05) is 19.0 Å². The molecule has 0 bridgehead atoms. The number of nitrogens with zero attached hydrogens (tertiary/aromatic N) is 2.